The van der Waals surface area contributed by atoms with E-state index in [0.717, 1.165) is 17.5 Å². The molecule has 0 aromatic heterocycles. The molecule has 114 valence electrons. The summed E-state index contributed by atoms with van der Waals surface area (Å²) in [7, 11) is 0. The third-order valence-electron chi connectivity index (χ3n) is 3.24. The van der Waals surface area contributed by atoms with E-state index in [4.69, 9.17) is 4.74 Å². The number of carbonyl (C=O) groups excluding carboxylic acids is 1. The Balaban J connectivity index is 1.79. The summed E-state index contributed by atoms with van der Waals surface area (Å²) in [6, 6.07) is 15.6. The van der Waals surface area contributed by atoms with Gasteiger partial charge >= 0.3 is 0 Å². The maximum Gasteiger partial charge on any atom is 0.277 e. The summed E-state index contributed by atoms with van der Waals surface area (Å²) in [6.45, 7) is 3.99. The van der Waals surface area contributed by atoms with Crippen molar-refractivity contribution in [1.82, 2.24) is 5.43 Å². The summed E-state index contributed by atoms with van der Waals surface area (Å²) < 4.78 is 5.45. The molecule has 0 radical (unpaired) electrons. The highest BCUT2D eigenvalue weighted by atomic mass is 16.5. The van der Waals surface area contributed by atoms with E-state index in [-0.39, 0.29) is 12.5 Å². The first kappa shape index (κ1) is 15.8. The minimum absolute atomic E-state index is 0.0586. The van der Waals surface area contributed by atoms with E-state index >= 15 is 0 Å². The Labute approximate surface area is 130 Å². The lowest BCUT2D eigenvalue weighted by molar-refractivity contribution is -0.123. The molecular weight excluding hydrogens is 276 g/mol. The van der Waals surface area contributed by atoms with Gasteiger partial charge < -0.3 is 4.74 Å². The minimum Gasteiger partial charge on any atom is -0.483 e. The molecule has 1 amide bonds. The van der Waals surface area contributed by atoms with Crippen molar-refractivity contribution in [2.24, 2.45) is 5.10 Å². The molecule has 2 aromatic rings. The van der Waals surface area contributed by atoms with Gasteiger partial charge in [-0.2, -0.15) is 5.10 Å². The van der Waals surface area contributed by atoms with Crippen LogP contribution in [0.15, 0.2) is 53.6 Å². The van der Waals surface area contributed by atoms with E-state index in [2.05, 4.69) is 17.5 Å². The Morgan fingerprint density at radius 3 is 2.59 bits per heavy atom. The molecule has 0 fully saturated rings. The first-order valence-electron chi connectivity index (χ1n) is 7.28. The number of nitrogens with zero attached hydrogens (tertiary/aromatic N) is 1. The maximum atomic E-state index is 11.7. The molecule has 0 heterocycles. The summed E-state index contributed by atoms with van der Waals surface area (Å²) in [5, 5.41) is 3.93. The average molecular weight is 296 g/mol. The second kappa shape index (κ2) is 7.98. The highest BCUT2D eigenvalue weighted by Crippen LogP contribution is 2.15. The number of rotatable bonds is 6. The van der Waals surface area contributed by atoms with Gasteiger partial charge in [-0.1, -0.05) is 49.4 Å². The number of hydrogen-bond acceptors (Lipinski definition) is 3. The first-order valence-corrected chi connectivity index (χ1v) is 7.28. The zero-order valence-corrected chi connectivity index (χ0v) is 12.9. The number of para-hydroxylation sites is 1. The predicted molar refractivity (Wildman–Crippen MR) is 88.2 cm³/mol. The Morgan fingerprint density at radius 2 is 1.91 bits per heavy atom. The number of hydrogen-bond donors (Lipinski definition) is 1. The second-order valence-electron chi connectivity index (χ2n) is 4.94. The fourth-order valence-corrected chi connectivity index (χ4v) is 1.91. The van der Waals surface area contributed by atoms with E-state index in [9.17, 15) is 4.79 Å². The number of hydrazone groups is 1. The molecule has 22 heavy (non-hydrogen) atoms. The lowest BCUT2D eigenvalue weighted by atomic mass is 10.1. The number of aryl methyl sites for hydroxylation is 2. The average Bonchev–Trinajstić information content (AvgIpc) is 2.55. The van der Waals surface area contributed by atoms with Crippen LogP contribution in [0.25, 0.3) is 0 Å². The van der Waals surface area contributed by atoms with E-state index in [0.29, 0.717) is 5.75 Å². The molecule has 0 spiro atoms. The van der Waals surface area contributed by atoms with Gasteiger partial charge in [0, 0.05) is 0 Å². The summed E-state index contributed by atoms with van der Waals surface area (Å²) in [5.74, 6) is 0.418. The maximum absolute atomic E-state index is 11.7. The van der Waals surface area contributed by atoms with Crippen molar-refractivity contribution in [2.45, 2.75) is 20.3 Å². The van der Waals surface area contributed by atoms with Crippen LogP contribution in [0.1, 0.15) is 23.6 Å². The van der Waals surface area contributed by atoms with Gasteiger partial charge in [0.25, 0.3) is 5.91 Å². The summed E-state index contributed by atoms with van der Waals surface area (Å²) >= 11 is 0. The lowest BCUT2D eigenvalue weighted by Crippen LogP contribution is -2.24. The van der Waals surface area contributed by atoms with Gasteiger partial charge in [0.05, 0.1) is 6.21 Å². The van der Waals surface area contributed by atoms with Crippen molar-refractivity contribution in [3.8, 4) is 5.75 Å². The topological polar surface area (TPSA) is 50.7 Å². The SMILES string of the molecule is CCc1ccc(/C=N/NC(=O)COc2ccccc2C)cc1. The monoisotopic (exact) mass is 296 g/mol. The lowest BCUT2D eigenvalue weighted by Gasteiger charge is -2.07. The van der Waals surface area contributed by atoms with Crippen molar-refractivity contribution in [2.75, 3.05) is 6.61 Å². The third kappa shape index (κ3) is 4.74. The number of nitrogens with one attached hydrogen (secondary N) is 1. The Hall–Kier alpha value is -2.62. The fourth-order valence-electron chi connectivity index (χ4n) is 1.91. The first-order chi connectivity index (χ1) is 10.7. The normalized spacial score (nSPS) is 10.6. The van der Waals surface area contributed by atoms with E-state index in [1.807, 2.05) is 55.5 Å². The van der Waals surface area contributed by atoms with Gasteiger partial charge in [0.1, 0.15) is 5.75 Å². The highest BCUT2D eigenvalue weighted by molar-refractivity contribution is 5.82. The highest BCUT2D eigenvalue weighted by Gasteiger charge is 2.02. The van der Waals surface area contributed by atoms with Gasteiger partial charge in [-0.25, -0.2) is 5.43 Å². The molecular formula is C18H20N2O2. The van der Waals surface area contributed by atoms with Gasteiger partial charge in [-0.3, -0.25) is 4.79 Å². The van der Waals surface area contributed by atoms with Crippen molar-refractivity contribution in [3.63, 3.8) is 0 Å². The van der Waals surface area contributed by atoms with E-state index in [1.54, 1.807) is 6.21 Å². The molecule has 2 rings (SSSR count). The molecule has 0 unspecified atom stereocenters. The number of ether oxygens (including phenoxy) is 1. The zero-order valence-electron chi connectivity index (χ0n) is 12.9. The van der Waals surface area contributed by atoms with Gasteiger partial charge in [-0.05, 0) is 36.1 Å². The van der Waals surface area contributed by atoms with Crippen LogP contribution in [0.2, 0.25) is 0 Å². The zero-order chi connectivity index (χ0) is 15.8. The van der Waals surface area contributed by atoms with Gasteiger partial charge in [-0.15, -0.1) is 0 Å². The molecule has 1 N–H and O–H groups in total. The molecule has 0 saturated carbocycles. The van der Waals surface area contributed by atoms with Crippen LogP contribution in [-0.2, 0) is 11.2 Å². The molecule has 0 aliphatic rings. The largest absolute Gasteiger partial charge is 0.483 e. The van der Waals surface area contributed by atoms with Crippen molar-refractivity contribution >= 4 is 12.1 Å². The molecule has 0 aliphatic heterocycles. The molecule has 4 nitrogen and oxygen atoms in total. The van der Waals surface area contributed by atoms with Crippen molar-refractivity contribution in [3.05, 3.63) is 65.2 Å². The molecule has 0 saturated heterocycles. The number of amides is 1. The summed E-state index contributed by atoms with van der Waals surface area (Å²) in [6.07, 6.45) is 2.62. The van der Waals surface area contributed by atoms with E-state index < -0.39 is 0 Å². The Bertz CT molecular complexity index is 648. The van der Waals surface area contributed by atoms with Crippen LogP contribution in [0.5, 0.6) is 5.75 Å². The second-order valence-corrected chi connectivity index (χ2v) is 4.94. The number of benzene rings is 2. The molecule has 4 heteroatoms. The van der Waals surface area contributed by atoms with E-state index in [1.165, 1.54) is 5.56 Å². The van der Waals surface area contributed by atoms with Gasteiger partial charge in [0.2, 0.25) is 0 Å². The predicted octanol–water partition coefficient (Wildman–Crippen LogP) is 3.09. The minimum atomic E-state index is -0.287. The molecule has 0 aliphatic carbocycles. The van der Waals surface area contributed by atoms with Crippen LogP contribution >= 0.6 is 0 Å². The quantitative estimate of drug-likeness (QED) is 0.658. The van der Waals surface area contributed by atoms with Crippen LogP contribution in [0.3, 0.4) is 0 Å². The molecule has 2 aromatic carbocycles. The number of carbonyl (C=O) groups is 1. The van der Waals surface area contributed by atoms with Crippen LogP contribution in [0.4, 0.5) is 0 Å². The van der Waals surface area contributed by atoms with Crippen molar-refractivity contribution in [1.29, 1.82) is 0 Å². The summed E-state index contributed by atoms with van der Waals surface area (Å²) in [5.41, 5.74) is 5.66. The standard InChI is InChI=1S/C18H20N2O2/c1-3-15-8-10-16(11-9-15)12-19-20-18(21)13-22-17-7-5-4-6-14(17)2/h4-12H,3,13H2,1-2H3,(H,20,21)/b19-12+. The fraction of sp³-hybridized carbons (Fsp3) is 0.222. The van der Waals surface area contributed by atoms with Crippen molar-refractivity contribution < 1.29 is 9.53 Å². The third-order valence-corrected chi connectivity index (χ3v) is 3.24. The Kier molecular flexibility index (Phi) is 5.72. The Morgan fingerprint density at radius 1 is 1.18 bits per heavy atom. The smallest absolute Gasteiger partial charge is 0.277 e. The molecule has 0 atom stereocenters. The van der Waals surface area contributed by atoms with Crippen LogP contribution in [0, 0.1) is 6.92 Å². The van der Waals surface area contributed by atoms with Gasteiger partial charge in [0.15, 0.2) is 6.61 Å². The summed E-state index contributed by atoms with van der Waals surface area (Å²) in [4.78, 5) is 11.7. The van der Waals surface area contributed by atoms with Crippen LogP contribution < -0.4 is 10.2 Å². The molecule has 0 bridgehead atoms. The van der Waals surface area contributed by atoms with Crippen LogP contribution in [-0.4, -0.2) is 18.7 Å².